The molecule has 134 valence electrons. The standard InChI is InChI=1S/C18H20F2N2O2S/c1-13-3-5-15(6-4-13)22-10-9-21(12-14(22)2)25(23,24)16-7-8-17(19)18(20)11-16/h3-8,11,14H,9-10,12H2,1-2H3. The average molecular weight is 366 g/mol. The molecule has 0 radical (unpaired) electrons. The lowest BCUT2D eigenvalue weighted by molar-refractivity contribution is 0.342. The van der Waals surface area contributed by atoms with Crippen LogP contribution in [0.1, 0.15) is 12.5 Å². The molecule has 0 amide bonds. The van der Waals surface area contributed by atoms with Gasteiger partial charge in [-0.2, -0.15) is 4.31 Å². The Bertz CT molecular complexity index is 869. The van der Waals surface area contributed by atoms with Crippen LogP contribution >= 0.6 is 0 Å². The molecule has 0 N–H and O–H groups in total. The summed E-state index contributed by atoms with van der Waals surface area (Å²) in [5.41, 5.74) is 2.21. The van der Waals surface area contributed by atoms with E-state index in [0.29, 0.717) is 13.1 Å². The van der Waals surface area contributed by atoms with E-state index in [1.54, 1.807) is 0 Å². The fourth-order valence-electron chi connectivity index (χ4n) is 3.05. The highest BCUT2D eigenvalue weighted by Crippen LogP contribution is 2.25. The summed E-state index contributed by atoms with van der Waals surface area (Å²) in [5.74, 6) is -2.22. The Morgan fingerprint density at radius 1 is 1.00 bits per heavy atom. The average Bonchev–Trinajstić information content (AvgIpc) is 2.58. The molecular formula is C18H20F2N2O2S. The fraction of sp³-hybridized carbons (Fsp3) is 0.333. The summed E-state index contributed by atoms with van der Waals surface area (Å²) in [7, 11) is -3.85. The number of sulfonamides is 1. The summed E-state index contributed by atoms with van der Waals surface area (Å²) in [5, 5.41) is 0. The summed E-state index contributed by atoms with van der Waals surface area (Å²) in [6, 6.07) is 10.7. The first kappa shape index (κ1) is 17.8. The first-order valence-corrected chi connectivity index (χ1v) is 9.51. The molecule has 1 heterocycles. The first-order valence-electron chi connectivity index (χ1n) is 8.07. The lowest BCUT2D eigenvalue weighted by atomic mass is 10.1. The van der Waals surface area contributed by atoms with Crippen LogP contribution in [0.25, 0.3) is 0 Å². The fourth-order valence-corrected chi connectivity index (χ4v) is 4.57. The Morgan fingerprint density at radius 2 is 1.68 bits per heavy atom. The van der Waals surface area contributed by atoms with Crippen molar-refractivity contribution >= 4 is 15.7 Å². The molecule has 0 spiro atoms. The molecule has 2 aromatic rings. The Kier molecular flexibility index (Phi) is 4.79. The van der Waals surface area contributed by atoms with Crippen molar-refractivity contribution in [1.29, 1.82) is 0 Å². The van der Waals surface area contributed by atoms with Gasteiger partial charge in [-0.25, -0.2) is 17.2 Å². The predicted octanol–water partition coefficient (Wildman–Crippen LogP) is 3.17. The van der Waals surface area contributed by atoms with Gasteiger partial charge in [0.25, 0.3) is 0 Å². The molecular weight excluding hydrogens is 346 g/mol. The van der Waals surface area contributed by atoms with E-state index in [2.05, 4.69) is 4.90 Å². The van der Waals surface area contributed by atoms with E-state index in [-0.39, 0.29) is 17.5 Å². The van der Waals surface area contributed by atoms with Gasteiger partial charge in [-0.3, -0.25) is 0 Å². The largest absolute Gasteiger partial charge is 0.366 e. The van der Waals surface area contributed by atoms with Gasteiger partial charge in [0.05, 0.1) is 4.90 Å². The van der Waals surface area contributed by atoms with Crippen LogP contribution in [-0.4, -0.2) is 38.4 Å². The summed E-state index contributed by atoms with van der Waals surface area (Å²) in [6.45, 7) is 5.08. The zero-order valence-corrected chi connectivity index (χ0v) is 14.9. The second-order valence-corrected chi connectivity index (χ2v) is 8.25. The van der Waals surface area contributed by atoms with Crippen molar-refractivity contribution in [2.45, 2.75) is 24.8 Å². The molecule has 0 aromatic heterocycles. The number of aryl methyl sites for hydroxylation is 1. The van der Waals surface area contributed by atoms with Crippen LogP contribution in [0, 0.1) is 18.6 Å². The molecule has 1 fully saturated rings. The third kappa shape index (κ3) is 3.52. The minimum atomic E-state index is -3.85. The molecule has 1 aliphatic rings. The number of piperazine rings is 1. The normalized spacial score (nSPS) is 19.2. The summed E-state index contributed by atoms with van der Waals surface area (Å²) in [4.78, 5) is 1.93. The third-order valence-electron chi connectivity index (χ3n) is 4.48. The quantitative estimate of drug-likeness (QED) is 0.838. The van der Waals surface area contributed by atoms with Gasteiger partial charge in [0, 0.05) is 31.4 Å². The zero-order valence-electron chi connectivity index (χ0n) is 14.1. The minimum Gasteiger partial charge on any atom is -0.366 e. The summed E-state index contributed by atoms with van der Waals surface area (Å²) in [6.07, 6.45) is 0. The van der Waals surface area contributed by atoms with E-state index in [9.17, 15) is 17.2 Å². The highest BCUT2D eigenvalue weighted by molar-refractivity contribution is 7.89. The smallest absolute Gasteiger partial charge is 0.243 e. The van der Waals surface area contributed by atoms with Crippen LogP contribution in [0.2, 0.25) is 0 Å². The molecule has 7 heteroatoms. The van der Waals surface area contributed by atoms with Crippen molar-refractivity contribution < 1.29 is 17.2 Å². The van der Waals surface area contributed by atoms with Crippen molar-refractivity contribution in [2.75, 3.05) is 24.5 Å². The highest BCUT2D eigenvalue weighted by Gasteiger charge is 2.32. The van der Waals surface area contributed by atoms with Crippen molar-refractivity contribution in [1.82, 2.24) is 4.31 Å². The Hall–Kier alpha value is -1.99. The predicted molar refractivity (Wildman–Crippen MR) is 93.1 cm³/mol. The maximum Gasteiger partial charge on any atom is 0.243 e. The van der Waals surface area contributed by atoms with Crippen molar-refractivity contribution in [2.24, 2.45) is 0 Å². The Morgan fingerprint density at radius 3 is 2.28 bits per heavy atom. The molecule has 1 atom stereocenters. The number of halogens is 2. The Balaban J connectivity index is 1.79. The number of hydrogen-bond donors (Lipinski definition) is 0. The molecule has 0 bridgehead atoms. The van der Waals surface area contributed by atoms with E-state index in [1.807, 2.05) is 38.1 Å². The maximum atomic E-state index is 13.4. The van der Waals surface area contributed by atoms with Crippen LogP contribution in [0.15, 0.2) is 47.4 Å². The number of rotatable bonds is 3. The monoisotopic (exact) mass is 366 g/mol. The van der Waals surface area contributed by atoms with E-state index in [0.717, 1.165) is 29.4 Å². The van der Waals surface area contributed by atoms with Gasteiger partial charge in [-0.15, -0.1) is 0 Å². The molecule has 2 aromatic carbocycles. The molecule has 3 rings (SSSR count). The zero-order chi connectivity index (χ0) is 18.2. The number of hydrogen-bond acceptors (Lipinski definition) is 3. The van der Waals surface area contributed by atoms with Crippen LogP contribution in [0.4, 0.5) is 14.5 Å². The maximum absolute atomic E-state index is 13.4. The minimum absolute atomic E-state index is 0.0310. The van der Waals surface area contributed by atoms with Gasteiger partial charge in [-0.1, -0.05) is 17.7 Å². The van der Waals surface area contributed by atoms with Crippen molar-refractivity contribution in [3.63, 3.8) is 0 Å². The molecule has 0 aliphatic carbocycles. The molecule has 4 nitrogen and oxygen atoms in total. The van der Waals surface area contributed by atoms with Crippen LogP contribution in [0.3, 0.4) is 0 Å². The lowest BCUT2D eigenvalue weighted by Gasteiger charge is -2.40. The number of nitrogens with zero attached hydrogens (tertiary/aromatic N) is 2. The number of anilines is 1. The van der Waals surface area contributed by atoms with Gasteiger partial charge >= 0.3 is 0 Å². The molecule has 1 aliphatic heterocycles. The van der Waals surface area contributed by atoms with Gasteiger partial charge in [0.2, 0.25) is 10.0 Å². The first-order chi connectivity index (χ1) is 11.8. The van der Waals surface area contributed by atoms with Crippen molar-refractivity contribution in [3.8, 4) is 0 Å². The summed E-state index contributed by atoms with van der Waals surface area (Å²) >= 11 is 0. The Labute approximate surface area is 146 Å². The second-order valence-electron chi connectivity index (χ2n) is 6.32. The van der Waals surface area contributed by atoms with Crippen LogP contribution < -0.4 is 4.90 Å². The van der Waals surface area contributed by atoms with Crippen LogP contribution in [-0.2, 0) is 10.0 Å². The van der Waals surface area contributed by atoms with E-state index in [1.165, 1.54) is 4.31 Å². The van der Waals surface area contributed by atoms with Gasteiger partial charge in [0.1, 0.15) is 0 Å². The van der Waals surface area contributed by atoms with Crippen molar-refractivity contribution in [3.05, 3.63) is 59.7 Å². The molecule has 1 unspecified atom stereocenters. The van der Waals surface area contributed by atoms with E-state index >= 15 is 0 Å². The lowest BCUT2D eigenvalue weighted by Crippen LogP contribution is -2.53. The summed E-state index contributed by atoms with van der Waals surface area (Å²) < 4.78 is 53.2. The van der Waals surface area contributed by atoms with Crippen LogP contribution in [0.5, 0.6) is 0 Å². The molecule has 0 saturated carbocycles. The third-order valence-corrected chi connectivity index (χ3v) is 6.35. The van der Waals surface area contributed by atoms with Gasteiger partial charge in [-0.05, 0) is 44.2 Å². The molecule has 25 heavy (non-hydrogen) atoms. The SMILES string of the molecule is Cc1ccc(N2CCN(S(=O)(=O)c3ccc(F)c(F)c3)CC2C)cc1. The second kappa shape index (κ2) is 6.72. The topological polar surface area (TPSA) is 40.6 Å². The van der Waals surface area contributed by atoms with E-state index < -0.39 is 21.7 Å². The van der Waals surface area contributed by atoms with E-state index in [4.69, 9.17) is 0 Å². The number of benzene rings is 2. The van der Waals surface area contributed by atoms with Gasteiger partial charge in [0.15, 0.2) is 11.6 Å². The van der Waals surface area contributed by atoms with Gasteiger partial charge < -0.3 is 4.90 Å². The highest BCUT2D eigenvalue weighted by atomic mass is 32.2. The molecule has 1 saturated heterocycles.